The smallest absolute Gasteiger partial charge is 0.358 e. The maximum Gasteiger partial charge on any atom is 0.358 e. The van der Waals surface area contributed by atoms with E-state index in [0.29, 0.717) is 19.7 Å². The number of anilines is 1. The fourth-order valence-corrected chi connectivity index (χ4v) is 1.82. The second-order valence-electron chi connectivity index (χ2n) is 4.45. The summed E-state index contributed by atoms with van der Waals surface area (Å²) in [6.45, 7) is 3.25. The van der Waals surface area contributed by atoms with Crippen LogP contribution in [0.3, 0.4) is 0 Å². The first-order valence-electron chi connectivity index (χ1n) is 6.77. The summed E-state index contributed by atoms with van der Waals surface area (Å²) in [5, 5.41) is 13.7. The highest BCUT2D eigenvalue weighted by Crippen LogP contribution is 2.15. The summed E-state index contributed by atoms with van der Waals surface area (Å²) >= 11 is 0. The van der Waals surface area contributed by atoms with E-state index in [2.05, 4.69) is 10.3 Å². The zero-order chi connectivity index (χ0) is 15.9. The minimum atomic E-state index is -0.440. The van der Waals surface area contributed by atoms with Gasteiger partial charge in [0.2, 0.25) is 0 Å². The molecular weight excluding hydrogens is 288 g/mol. The highest BCUT2D eigenvalue weighted by molar-refractivity contribution is 5.86. The van der Waals surface area contributed by atoms with E-state index in [1.165, 1.54) is 12.1 Å². The van der Waals surface area contributed by atoms with Gasteiger partial charge in [0.05, 0.1) is 17.9 Å². The zero-order valence-electron chi connectivity index (χ0n) is 12.1. The quantitative estimate of drug-likeness (QED) is 0.477. The summed E-state index contributed by atoms with van der Waals surface area (Å²) in [4.78, 5) is 25.6. The van der Waals surface area contributed by atoms with Crippen molar-refractivity contribution in [3.05, 3.63) is 52.6 Å². The fraction of sp³-hybridized carbons (Fsp3) is 0.286. The number of rotatable bonds is 7. The van der Waals surface area contributed by atoms with Gasteiger partial charge in [0.25, 0.3) is 5.69 Å². The highest BCUT2D eigenvalue weighted by Gasteiger charge is 2.09. The number of ether oxygens (including phenoxy) is 1. The Kier molecular flexibility index (Phi) is 5.07. The van der Waals surface area contributed by atoms with Gasteiger partial charge in [-0.3, -0.25) is 10.1 Å². The first-order chi connectivity index (χ1) is 10.6. The Morgan fingerprint density at radius 3 is 2.77 bits per heavy atom. The van der Waals surface area contributed by atoms with Gasteiger partial charge in [-0.15, -0.1) is 0 Å². The molecule has 22 heavy (non-hydrogen) atoms. The van der Waals surface area contributed by atoms with Gasteiger partial charge < -0.3 is 14.6 Å². The lowest BCUT2D eigenvalue weighted by molar-refractivity contribution is -0.384. The molecule has 1 aromatic carbocycles. The van der Waals surface area contributed by atoms with E-state index in [9.17, 15) is 14.9 Å². The van der Waals surface area contributed by atoms with Gasteiger partial charge in [0.1, 0.15) is 0 Å². The molecule has 0 amide bonds. The molecule has 2 aromatic rings. The second kappa shape index (κ2) is 7.21. The van der Waals surface area contributed by atoms with Crippen LogP contribution in [0.15, 0.2) is 36.8 Å². The molecule has 0 spiro atoms. The summed E-state index contributed by atoms with van der Waals surface area (Å²) in [7, 11) is 0. The summed E-state index contributed by atoms with van der Waals surface area (Å²) in [5.41, 5.74) is 1.12. The molecule has 0 atom stereocenters. The number of nitrogens with zero attached hydrogens (tertiary/aromatic N) is 3. The van der Waals surface area contributed by atoms with E-state index in [4.69, 9.17) is 4.74 Å². The number of hydrogen-bond donors (Lipinski definition) is 1. The summed E-state index contributed by atoms with van der Waals surface area (Å²) in [5.74, 6) is -0.440. The molecule has 0 radical (unpaired) electrons. The molecule has 0 saturated carbocycles. The first kappa shape index (κ1) is 15.5. The van der Waals surface area contributed by atoms with Crippen LogP contribution in [0, 0.1) is 10.1 Å². The van der Waals surface area contributed by atoms with E-state index in [1.54, 1.807) is 36.1 Å². The minimum Gasteiger partial charge on any atom is -0.461 e. The van der Waals surface area contributed by atoms with Crippen molar-refractivity contribution < 1.29 is 14.5 Å². The number of carbonyl (C=O) groups excluding carboxylic acids is 1. The number of aromatic nitrogens is 2. The van der Waals surface area contributed by atoms with Crippen molar-refractivity contribution in [2.75, 3.05) is 18.5 Å². The molecule has 1 aromatic heterocycles. The molecule has 8 heteroatoms. The predicted molar refractivity (Wildman–Crippen MR) is 79.8 cm³/mol. The van der Waals surface area contributed by atoms with Gasteiger partial charge in [0.15, 0.2) is 5.69 Å². The molecule has 1 N–H and O–H groups in total. The van der Waals surface area contributed by atoms with Gasteiger partial charge in [-0.05, 0) is 19.1 Å². The number of nitro groups is 1. The molecule has 116 valence electrons. The SMILES string of the molecule is CCOC(=O)c1cn(CCNc2ccc([N+](=O)[O-])cc2)cn1. The van der Waals surface area contributed by atoms with E-state index in [-0.39, 0.29) is 11.4 Å². The van der Waals surface area contributed by atoms with Crippen molar-refractivity contribution in [2.45, 2.75) is 13.5 Å². The molecule has 0 unspecified atom stereocenters. The van der Waals surface area contributed by atoms with Crippen LogP contribution in [0.25, 0.3) is 0 Å². The van der Waals surface area contributed by atoms with E-state index in [1.807, 2.05) is 0 Å². The average Bonchev–Trinajstić information content (AvgIpc) is 2.97. The molecule has 0 saturated heterocycles. The Morgan fingerprint density at radius 2 is 2.14 bits per heavy atom. The van der Waals surface area contributed by atoms with Crippen molar-refractivity contribution in [1.29, 1.82) is 0 Å². The summed E-state index contributed by atoms with van der Waals surface area (Å²) in [6, 6.07) is 6.18. The van der Waals surface area contributed by atoms with Crippen LogP contribution in [0.1, 0.15) is 17.4 Å². The Balaban J connectivity index is 1.83. The van der Waals surface area contributed by atoms with Crippen molar-refractivity contribution >= 4 is 17.3 Å². The maximum atomic E-state index is 11.5. The number of hydrogen-bond acceptors (Lipinski definition) is 6. The lowest BCUT2D eigenvalue weighted by Gasteiger charge is -2.06. The molecule has 1 heterocycles. The van der Waals surface area contributed by atoms with Crippen molar-refractivity contribution in [2.24, 2.45) is 0 Å². The van der Waals surface area contributed by atoms with E-state index >= 15 is 0 Å². The van der Waals surface area contributed by atoms with Crippen LogP contribution >= 0.6 is 0 Å². The Morgan fingerprint density at radius 1 is 1.41 bits per heavy atom. The topological polar surface area (TPSA) is 99.3 Å². The zero-order valence-corrected chi connectivity index (χ0v) is 12.1. The van der Waals surface area contributed by atoms with Crippen molar-refractivity contribution in [3.8, 4) is 0 Å². The van der Waals surface area contributed by atoms with E-state index < -0.39 is 10.9 Å². The fourth-order valence-electron chi connectivity index (χ4n) is 1.82. The first-order valence-corrected chi connectivity index (χ1v) is 6.77. The van der Waals surface area contributed by atoms with Gasteiger partial charge in [-0.1, -0.05) is 0 Å². The number of nitro benzene ring substituents is 1. The monoisotopic (exact) mass is 304 g/mol. The molecule has 0 aliphatic carbocycles. The van der Waals surface area contributed by atoms with Gasteiger partial charge >= 0.3 is 5.97 Å². The van der Waals surface area contributed by atoms with Crippen LogP contribution in [0.5, 0.6) is 0 Å². The van der Waals surface area contributed by atoms with Gasteiger partial charge in [-0.2, -0.15) is 0 Å². The van der Waals surface area contributed by atoms with Crippen LogP contribution in [0.2, 0.25) is 0 Å². The lowest BCUT2D eigenvalue weighted by Crippen LogP contribution is -2.09. The molecule has 0 fully saturated rings. The number of benzene rings is 1. The third-order valence-electron chi connectivity index (χ3n) is 2.90. The minimum absolute atomic E-state index is 0.0548. The highest BCUT2D eigenvalue weighted by atomic mass is 16.6. The Labute approximate surface area is 126 Å². The molecule has 2 rings (SSSR count). The number of nitrogens with one attached hydrogen (secondary N) is 1. The number of carbonyl (C=O) groups is 1. The number of imidazole rings is 1. The van der Waals surface area contributed by atoms with Crippen LogP contribution < -0.4 is 5.32 Å². The lowest BCUT2D eigenvalue weighted by atomic mass is 10.3. The van der Waals surface area contributed by atoms with Gasteiger partial charge in [-0.25, -0.2) is 9.78 Å². The van der Waals surface area contributed by atoms with Crippen molar-refractivity contribution in [3.63, 3.8) is 0 Å². The summed E-state index contributed by atoms with van der Waals surface area (Å²) < 4.78 is 6.63. The van der Waals surface area contributed by atoms with E-state index in [0.717, 1.165) is 5.69 Å². The third-order valence-corrected chi connectivity index (χ3v) is 2.90. The largest absolute Gasteiger partial charge is 0.461 e. The van der Waals surface area contributed by atoms with Crippen LogP contribution in [-0.4, -0.2) is 33.6 Å². The Bertz CT molecular complexity index is 651. The average molecular weight is 304 g/mol. The normalized spacial score (nSPS) is 10.2. The molecule has 0 aliphatic rings. The van der Waals surface area contributed by atoms with Crippen molar-refractivity contribution in [1.82, 2.24) is 9.55 Å². The molecule has 8 nitrogen and oxygen atoms in total. The third kappa shape index (κ3) is 4.05. The Hall–Kier alpha value is -2.90. The molecular formula is C14H16N4O4. The van der Waals surface area contributed by atoms with Crippen LogP contribution in [-0.2, 0) is 11.3 Å². The molecule has 0 bridgehead atoms. The standard InChI is InChI=1S/C14H16N4O4/c1-2-22-14(19)13-9-17(10-16-13)8-7-15-11-3-5-12(6-4-11)18(20)21/h3-6,9-10,15H,2,7-8H2,1H3. The second-order valence-corrected chi connectivity index (χ2v) is 4.45. The number of esters is 1. The van der Waals surface area contributed by atoms with Crippen LogP contribution in [0.4, 0.5) is 11.4 Å². The number of non-ortho nitro benzene ring substituents is 1. The molecule has 0 aliphatic heterocycles. The predicted octanol–water partition coefficient (Wildman–Crippen LogP) is 2.08. The maximum absolute atomic E-state index is 11.5. The van der Waals surface area contributed by atoms with Gasteiger partial charge in [0, 0.05) is 37.1 Å². The summed E-state index contributed by atoms with van der Waals surface area (Å²) in [6.07, 6.45) is 3.18.